The van der Waals surface area contributed by atoms with Gasteiger partial charge in [0.25, 0.3) is 0 Å². The smallest absolute Gasteiger partial charge is 0.315 e. The predicted octanol–water partition coefficient (Wildman–Crippen LogP) is 5.88. The molecule has 4 aliphatic rings. The van der Waals surface area contributed by atoms with Crippen LogP contribution in [0.5, 0.6) is 0 Å². The summed E-state index contributed by atoms with van der Waals surface area (Å²) in [7, 11) is -3.68. The van der Waals surface area contributed by atoms with Gasteiger partial charge in [0.2, 0.25) is 21.7 Å². The Morgan fingerprint density at radius 3 is 2.40 bits per heavy atom. The van der Waals surface area contributed by atoms with Crippen molar-refractivity contribution in [2.75, 3.05) is 13.1 Å². The molecule has 11 nitrogen and oxygen atoms in total. The number of Topliss-reactive ketones (excluding diaryl/α,β-unsaturated/α-hetero) is 3. The Bertz CT molecular complexity index is 1660. The summed E-state index contributed by atoms with van der Waals surface area (Å²) in [5.41, 5.74) is -0.655. The number of hydrogen-bond acceptors (Lipinski definition) is 8. The first-order valence-electron chi connectivity index (χ1n) is 19.1. The third kappa shape index (κ3) is 8.26. The van der Waals surface area contributed by atoms with Gasteiger partial charge in [0.05, 0.1) is 10.9 Å². The summed E-state index contributed by atoms with van der Waals surface area (Å²) in [5.74, 6) is -2.29. The maximum atomic E-state index is 14.7. The summed E-state index contributed by atoms with van der Waals surface area (Å²) in [5, 5.41) is 7.83. The van der Waals surface area contributed by atoms with Gasteiger partial charge in [-0.15, -0.1) is 17.9 Å². The Morgan fingerprint density at radius 1 is 1.10 bits per heavy atom. The van der Waals surface area contributed by atoms with Crippen LogP contribution in [0.1, 0.15) is 111 Å². The number of piperidine rings is 1. The van der Waals surface area contributed by atoms with E-state index in [2.05, 4.69) is 31.1 Å². The highest BCUT2D eigenvalue weighted by Crippen LogP contribution is 2.65. The number of ketones is 3. The lowest BCUT2D eigenvalue weighted by molar-refractivity contribution is -0.144. The van der Waals surface area contributed by atoms with Gasteiger partial charge in [0.1, 0.15) is 6.04 Å². The molecule has 2 saturated carbocycles. The lowest BCUT2D eigenvalue weighted by atomic mass is 9.82. The van der Waals surface area contributed by atoms with Crippen LogP contribution in [0.2, 0.25) is 0 Å². The summed E-state index contributed by atoms with van der Waals surface area (Å²) < 4.78 is 28.0. The predicted molar refractivity (Wildman–Crippen MR) is 201 cm³/mol. The minimum Gasteiger partial charge on any atom is -0.334 e. The number of allylic oxidation sites excluding steroid dienone is 1. The van der Waals surface area contributed by atoms with Crippen molar-refractivity contribution in [1.82, 2.24) is 19.8 Å². The fourth-order valence-electron chi connectivity index (χ4n) is 8.83. The third-order valence-corrected chi connectivity index (χ3v) is 15.1. The van der Waals surface area contributed by atoms with E-state index in [-0.39, 0.29) is 60.8 Å². The van der Waals surface area contributed by atoms with Crippen molar-refractivity contribution in [3.63, 3.8) is 0 Å². The number of amides is 3. The van der Waals surface area contributed by atoms with Gasteiger partial charge in [-0.05, 0) is 65.7 Å². The lowest BCUT2D eigenvalue weighted by Gasteiger charge is -2.38. The third-order valence-electron chi connectivity index (χ3n) is 12.2. The molecule has 1 aromatic heterocycles. The molecule has 6 atom stereocenters. The molecule has 288 valence electrons. The molecule has 1 saturated heterocycles. The molecular weight excluding hydrogens is 701 g/mol. The van der Waals surface area contributed by atoms with E-state index in [4.69, 9.17) is 0 Å². The number of carbonyl (C=O) groups is 5. The Balaban J connectivity index is 1.34. The van der Waals surface area contributed by atoms with Crippen molar-refractivity contribution in [3.05, 3.63) is 29.0 Å². The second-order valence-corrected chi connectivity index (χ2v) is 20.0. The molecule has 3 heterocycles. The van der Waals surface area contributed by atoms with Crippen LogP contribution in [-0.2, 0) is 35.7 Å². The first-order chi connectivity index (χ1) is 24.4. The largest absolute Gasteiger partial charge is 0.334 e. The number of nitrogens with zero attached hydrogens (tertiary/aromatic N) is 2. The maximum absolute atomic E-state index is 14.7. The van der Waals surface area contributed by atoms with E-state index < -0.39 is 57.1 Å². The van der Waals surface area contributed by atoms with E-state index in [9.17, 15) is 32.4 Å². The molecular formula is C39H58N4O7S2. The zero-order chi connectivity index (χ0) is 38.2. The molecule has 2 aliphatic heterocycles. The number of fused-ring (bicyclic) bond motifs is 2. The van der Waals surface area contributed by atoms with Crippen LogP contribution in [0.25, 0.3) is 0 Å². The Kier molecular flexibility index (Phi) is 12.3. The van der Waals surface area contributed by atoms with E-state index in [1.165, 1.54) is 15.6 Å². The average molecular weight is 759 g/mol. The molecule has 5 rings (SSSR count). The summed E-state index contributed by atoms with van der Waals surface area (Å²) >= 11 is 1.40. The van der Waals surface area contributed by atoms with Crippen LogP contribution in [0.3, 0.4) is 0 Å². The second-order valence-electron chi connectivity index (χ2n) is 17.1. The summed E-state index contributed by atoms with van der Waals surface area (Å²) in [6.45, 7) is 16.3. The Hall–Kier alpha value is -2.90. The molecule has 0 aromatic carbocycles. The van der Waals surface area contributed by atoms with Crippen LogP contribution in [0, 0.1) is 34.5 Å². The first-order valence-corrected chi connectivity index (χ1v) is 21.4. The monoisotopic (exact) mass is 758 g/mol. The number of likely N-dealkylation sites (tertiary alicyclic amines) is 1. The molecule has 13 heteroatoms. The van der Waals surface area contributed by atoms with Crippen molar-refractivity contribution in [2.24, 2.45) is 34.5 Å². The van der Waals surface area contributed by atoms with Crippen LogP contribution in [-0.4, -0.2) is 78.1 Å². The van der Waals surface area contributed by atoms with Crippen molar-refractivity contribution in [3.8, 4) is 0 Å². The van der Waals surface area contributed by atoms with Gasteiger partial charge in [-0.2, -0.15) is 4.31 Å². The van der Waals surface area contributed by atoms with Crippen molar-refractivity contribution < 1.29 is 32.4 Å². The van der Waals surface area contributed by atoms with Crippen LogP contribution >= 0.6 is 11.3 Å². The number of carbonyl (C=O) groups excluding carboxylic acids is 5. The molecule has 0 spiro atoms. The van der Waals surface area contributed by atoms with E-state index in [0.29, 0.717) is 30.7 Å². The zero-order valence-corrected chi connectivity index (χ0v) is 33.4. The van der Waals surface area contributed by atoms with E-state index in [1.54, 1.807) is 22.4 Å². The van der Waals surface area contributed by atoms with E-state index >= 15 is 0 Å². The summed E-state index contributed by atoms with van der Waals surface area (Å²) in [6, 6.07) is -1.09. The topological polar surface area (TPSA) is 150 Å². The van der Waals surface area contributed by atoms with Gasteiger partial charge in [-0.1, -0.05) is 73.3 Å². The standard InChI is InChI=1S/C39H58N4O7S2/c1-8-10-17-27(44)35(46)25(14-9-2)20-28(45)34-32-26(39(32,6)7)21-43(34)36(47)33(24-15-12-11-13-16-24)41-37(48)40-31(38(3,4)5)23-42-22-29-30(18-19-51-29)52(42,49)50/h8,18-19,24-26,31-34H,1,9-17,20-23H2,2-7H3,(H2,40,41,48)/t25?,26-,31+,32-,33-,34+/m0/s1. The minimum absolute atomic E-state index is 0.0606. The van der Waals surface area contributed by atoms with Crippen LogP contribution in [0.4, 0.5) is 4.79 Å². The molecule has 3 amide bonds. The van der Waals surface area contributed by atoms with E-state index in [1.807, 2.05) is 27.7 Å². The number of urea groups is 1. The fourth-order valence-corrected chi connectivity index (χ4v) is 11.8. The van der Waals surface area contributed by atoms with Crippen molar-refractivity contribution in [2.45, 2.75) is 135 Å². The maximum Gasteiger partial charge on any atom is 0.315 e. The minimum atomic E-state index is -3.68. The second kappa shape index (κ2) is 15.8. The SMILES string of the molecule is C=CCCC(=O)C(=O)C(CCC)CC(=O)[C@@H]1[C@@H]2[C@H](CN1C(=O)[C@@H](NC(=O)N[C@H](CN1Cc3sccc3S1(=O)=O)C(C)(C)C)C1CCCCC1)C2(C)C. The van der Waals surface area contributed by atoms with Crippen LogP contribution < -0.4 is 10.6 Å². The van der Waals surface area contributed by atoms with Gasteiger partial charge in [-0.3, -0.25) is 19.2 Å². The molecule has 1 aromatic rings. The van der Waals surface area contributed by atoms with Crippen LogP contribution in [0.15, 0.2) is 29.0 Å². The Labute approximate surface area is 313 Å². The highest BCUT2D eigenvalue weighted by Gasteiger charge is 2.69. The normalized spacial score (nSPS) is 25.3. The number of thiophene rings is 1. The number of rotatable bonds is 16. The fraction of sp³-hybridized carbons (Fsp3) is 0.718. The first kappa shape index (κ1) is 40.3. The highest BCUT2D eigenvalue weighted by molar-refractivity contribution is 7.89. The molecule has 1 unspecified atom stereocenters. The number of hydrogen-bond donors (Lipinski definition) is 2. The Morgan fingerprint density at radius 2 is 1.79 bits per heavy atom. The van der Waals surface area contributed by atoms with Gasteiger partial charge < -0.3 is 15.5 Å². The molecule has 52 heavy (non-hydrogen) atoms. The zero-order valence-electron chi connectivity index (χ0n) is 31.7. The lowest BCUT2D eigenvalue weighted by Crippen LogP contribution is -2.60. The van der Waals surface area contributed by atoms with Crippen molar-refractivity contribution >= 4 is 50.6 Å². The molecule has 2 N–H and O–H groups in total. The van der Waals surface area contributed by atoms with Gasteiger partial charge in [0, 0.05) is 49.3 Å². The molecule has 0 radical (unpaired) electrons. The van der Waals surface area contributed by atoms with Crippen molar-refractivity contribution in [1.29, 1.82) is 0 Å². The van der Waals surface area contributed by atoms with Gasteiger partial charge in [-0.25, -0.2) is 13.2 Å². The average Bonchev–Trinajstić information content (AvgIpc) is 3.55. The molecule has 0 bridgehead atoms. The number of sulfonamides is 1. The summed E-state index contributed by atoms with van der Waals surface area (Å²) in [6.07, 6.45) is 7.45. The quantitative estimate of drug-likeness (QED) is 0.158. The van der Waals surface area contributed by atoms with Gasteiger partial charge in [0.15, 0.2) is 11.6 Å². The number of nitrogens with one attached hydrogen (secondary N) is 2. The van der Waals surface area contributed by atoms with E-state index in [0.717, 1.165) is 37.0 Å². The molecule has 3 fully saturated rings. The molecule has 2 aliphatic carbocycles. The highest BCUT2D eigenvalue weighted by atomic mass is 32.2. The van der Waals surface area contributed by atoms with Gasteiger partial charge >= 0.3 is 6.03 Å². The summed E-state index contributed by atoms with van der Waals surface area (Å²) in [4.78, 5) is 71.5.